The Morgan fingerprint density at radius 2 is 2.35 bits per heavy atom. The van der Waals surface area contributed by atoms with Crippen LogP contribution < -0.4 is 10.5 Å². The Balaban J connectivity index is 1.96. The number of benzene rings is 1. The van der Waals surface area contributed by atoms with Gasteiger partial charge < -0.3 is 15.4 Å². The molecule has 2 rings (SSSR count). The summed E-state index contributed by atoms with van der Waals surface area (Å²) in [5.41, 5.74) is 5.81. The number of carbonyl (C=O) groups excluding carboxylic acids is 1. The first-order valence-electron chi connectivity index (χ1n) is 5.63. The fourth-order valence-electron chi connectivity index (χ4n) is 1.87. The van der Waals surface area contributed by atoms with Gasteiger partial charge in [-0.2, -0.15) is 0 Å². The van der Waals surface area contributed by atoms with Gasteiger partial charge in [0.2, 0.25) is 0 Å². The molecule has 0 bridgehead atoms. The maximum Gasteiger partial charge on any atom is 0.415 e. The van der Waals surface area contributed by atoms with Crippen LogP contribution in [0.3, 0.4) is 0 Å². The molecule has 0 saturated carbocycles. The second kappa shape index (κ2) is 5.38. The van der Waals surface area contributed by atoms with Gasteiger partial charge in [-0.15, -0.1) is 0 Å². The van der Waals surface area contributed by atoms with E-state index in [1.807, 2.05) is 0 Å². The van der Waals surface area contributed by atoms with Crippen LogP contribution in [0.2, 0.25) is 5.02 Å². The summed E-state index contributed by atoms with van der Waals surface area (Å²) in [7, 11) is 0. The van der Waals surface area contributed by atoms with Crippen molar-refractivity contribution in [1.82, 2.24) is 4.90 Å². The van der Waals surface area contributed by atoms with Crippen LogP contribution in [-0.2, 0) is 0 Å². The Morgan fingerprint density at radius 3 is 3.06 bits per heavy atom. The van der Waals surface area contributed by atoms with E-state index in [2.05, 4.69) is 0 Å². The molecular weight excluding hydrogens is 240 g/mol. The molecule has 1 amide bonds. The third-order valence-electron chi connectivity index (χ3n) is 2.72. The Morgan fingerprint density at radius 1 is 1.53 bits per heavy atom. The number of likely N-dealkylation sites (tertiary alicyclic amines) is 1. The maximum absolute atomic E-state index is 11.8. The van der Waals surface area contributed by atoms with Gasteiger partial charge in [-0.1, -0.05) is 17.7 Å². The highest BCUT2D eigenvalue weighted by atomic mass is 35.5. The number of carbonyl (C=O) groups is 1. The van der Waals surface area contributed by atoms with E-state index in [1.165, 1.54) is 0 Å². The standard InChI is InChI=1S/C12H15ClN2O2/c13-9-3-1-5-11(7-9)17-12(16)15-6-2-4-10(14)8-15/h1,3,5,7,10H,2,4,6,8,14H2. The fraction of sp³-hybridized carbons (Fsp3) is 0.417. The van der Waals surface area contributed by atoms with E-state index in [9.17, 15) is 4.79 Å². The van der Waals surface area contributed by atoms with Crippen LogP contribution in [-0.4, -0.2) is 30.1 Å². The van der Waals surface area contributed by atoms with Crippen molar-refractivity contribution in [3.63, 3.8) is 0 Å². The van der Waals surface area contributed by atoms with E-state index in [4.69, 9.17) is 22.1 Å². The maximum atomic E-state index is 11.8. The highest BCUT2D eigenvalue weighted by Gasteiger charge is 2.22. The molecule has 4 nitrogen and oxygen atoms in total. The van der Waals surface area contributed by atoms with Crippen molar-refractivity contribution in [3.8, 4) is 5.75 Å². The second-order valence-corrected chi connectivity index (χ2v) is 4.61. The van der Waals surface area contributed by atoms with Gasteiger partial charge in [0.15, 0.2) is 0 Å². The Kier molecular flexibility index (Phi) is 3.86. The number of hydrogen-bond acceptors (Lipinski definition) is 3. The number of ether oxygens (including phenoxy) is 1. The van der Waals surface area contributed by atoms with Crippen molar-refractivity contribution in [2.24, 2.45) is 5.73 Å². The van der Waals surface area contributed by atoms with Gasteiger partial charge in [0.05, 0.1) is 0 Å². The number of nitrogens with two attached hydrogens (primary N) is 1. The monoisotopic (exact) mass is 254 g/mol. The summed E-state index contributed by atoms with van der Waals surface area (Å²) in [6.07, 6.45) is 1.52. The van der Waals surface area contributed by atoms with Crippen molar-refractivity contribution < 1.29 is 9.53 Å². The third-order valence-corrected chi connectivity index (χ3v) is 2.95. The van der Waals surface area contributed by atoms with Gasteiger partial charge in [0, 0.05) is 24.2 Å². The van der Waals surface area contributed by atoms with Crippen LogP contribution in [0, 0.1) is 0 Å². The van der Waals surface area contributed by atoms with E-state index in [0.29, 0.717) is 23.9 Å². The van der Waals surface area contributed by atoms with E-state index in [1.54, 1.807) is 29.2 Å². The number of amides is 1. The minimum atomic E-state index is -0.359. The lowest BCUT2D eigenvalue weighted by Gasteiger charge is -2.29. The van der Waals surface area contributed by atoms with Crippen LogP contribution in [0.5, 0.6) is 5.75 Å². The molecule has 5 heteroatoms. The van der Waals surface area contributed by atoms with Crippen molar-refractivity contribution in [1.29, 1.82) is 0 Å². The van der Waals surface area contributed by atoms with Crippen molar-refractivity contribution in [3.05, 3.63) is 29.3 Å². The lowest BCUT2D eigenvalue weighted by Crippen LogP contribution is -2.46. The van der Waals surface area contributed by atoms with E-state index in [-0.39, 0.29) is 12.1 Å². The molecule has 1 heterocycles. The SMILES string of the molecule is NC1CCCN(C(=O)Oc2cccc(Cl)c2)C1. The van der Waals surface area contributed by atoms with Crippen molar-refractivity contribution in [2.75, 3.05) is 13.1 Å². The van der Waals surface area contributed by atoms with Gasteiger partial charge in [0.25, 0.3) is 0 Å². The van der Waals surface area contributed by atoms with Crippen molar-refractivity contribution in [2.45, 2.75) is 18.9 Å². The highest BCUT2D eigenvalue weighted by molar-refractivity contribution is 6.30. The van der Waals surface area contributed by atoms with Crippen LogP contribution in [0.1, 0.15) is 12.8 Å². The summed E-state index contributed by atoms with van der Waals surface area (Å²) in [6.45, 7) is 1.26. The molecular formula is C12H15ClN2O2. The molecule has 1 aromatic carbocycles. The number of rotatable bonds is 1. The van der Waals surface area contributed by atoms with E-state index in [0.717, 1.165) is 12.8 Å². The van der Waals surface area contributed by atoms with Crippen LogP contribution in [0.25, 0.3) is 0 Å². The fourth-order valence-corrected chi connectivity index (χ4v) is 2.05. The zero-order chi connectivity index (χ0) is 12.3. The molecule has 17 heavy (non-hydrogen) atoms. The molecule has 1 atom stereocenters. The Labute approximate surface area is 105 Å². The third kappa shape index (κ3) is 3.35. The predicted molar refractivity (Wildman–Crippen MR) is 66.3 cm³/mol. The molecule has 0 radical (unpaired) electrons. The van der Waals surface area contributed by atoms with Gasteiger partial charge in [-0.05, 0) is 31.0 Å². The Bertz CT molecular complexity index is 411. The largest absolute Gasteiger partial charge is 0.415 e. The molecule has 2 N–H and O–H groups in total. The Hall–Kier alpha value is -1.26. The average Bonchev–Trinajstić information content (AvgIpc) is 2.29. The molecule has 92 valence electrons. The van der Waals surface area contributed by atoms with Crippen LogP contribution >= 0.6 is 11.6 Å². The summed E-state index contributed by atoms with van der Waals surface area (Å²) < 4.78 is 5.23. The van der Waals surface area contributed by atoms with Crippen LogP contribution in [0.15, 0.2) is 24.3 Å². The first-order chi connectivity index (χ1) is 8.15. The van der Waals surface area contributed by atoms with E-state index >= 15 is 0 Å². The van der Waals surface area contributed by atoms with Gasteiger partial charge in [-0.3, -0.25) is 0 Å². The smallest absolute Gasteiger partial charge is 0.410 e. The first-order valence-corrected chi connectivity index (χ1v) is 6.01. The molecule has 1 aromatic rings. The second-order valence-electron chi connectivity index (χ2n) is 4.17. The minimum absolute atomic E-state index is 0.0515. The van der Waals surface area contributed by atoms with Gasteiger partial charge in [-0.25, -0.2) is 4.79 Å². The van der Waals surface area contributed by atoms with Crippen molar-refractivity contribution >= 4 is 17.7 Å². The molecule has 1 unspecified atom stereocenters. The molecule has 0 aliphatic carbocycles. The molecule has 0 aromatic heterocycles. The molecule has 1 aliphatic rings. The van der Waals surface area contributed by atoms with E-state index < -0.39 is 0 Å². The lowest BCUT2D eigenvalue weighted by molar-refractivity contribution is 0.137. The predicted octanol–water partition coefficient (Wildman–Crippen LogP) is 2.26. The number of nitrogens with zero attached hydrogens (tertiary/aromatic N) is 1. The topological polar surface area (TPSA) is 55.6 Å². The number of halogens is 1. The molecule has 1 aliphatic heterocycles. The first kappa shape index (κ1) is 12.2. The van der Waals surface area contributed by atoms with Gasteiger partial charge >= 0.3 is 6.09 Å². The lowest BCUT2D eigenvalue weighted by atomic mass is 10.1. The summed E-state index contributed by atoms with van der Waals surface area (Å²) in [5.74, 6) is 0.460. The summed E-state index contributed by atoms with van der Waals surface area (Å²) in [5, 5.41) is 0.547. The molecule has 1 fully saturated rings. The van der Waals surface area contributed by atoms with Crippen LogP contribution in [0.4, 0.5) is 4.79 Å². The summed E-state index contributed by atoms with van der Waals surface area (Å²) >= 11 is 5.81. The van der Waals surface area contributed by atoms with Gasteiger partial charge in [0.1, 0.15) is 5.75 Å². The summed E-state index contributed by atoms with van der Waals surface area (Å²) in [4.78, 5) is 13.5. The minimum Gasteiger partial charge on any atom is -0.410 e. The average molecular weight is 255 g/mol. The quantitative estimate of drug-likeness (QED) is 0.836. The summed E-state index contributed by atoms with van der Waals surface area (Å²) in [6, 6.07) is 6.84. The zero-order valence-corrected chi connectivity index (χ0v) is 10.2. The number of piperidine rings is 1. The highest BCUT2D eigenvalue weighted by Crippen LogP contribution is 2.18. The number of hydrogen-bond donors (Lipinski definition) is 1. The molecule has 1 saturated heterocycles. The normalized spacial score (nSPS) is 20.1. The molecule has 0 spiro atoms. The zero-order valence-electron chi connectivity index (χ0n) is 9.43.